The first-order valence-electron chi connectivity index (χ1n) is 8.08. The van der Waals surface area contributed by atoms with Gasteiger partial charge in [-0.15, -0.1) is 0 Å². The van der Waals surface area contributed by atoms with Gasteiger partial charge in [-0.25, -0.2) is 4.39 Å². The highest BCUT2D eigenvalue weighted by atomic mass is 19.1. The van der Waals surface area contributed by atoms with E-state index < -0.39 is 5.92 Å². The van der Waals surface area contributed by atoms with Gasteiger partial charge in [0.25, 0.3) is 0 Å². The van der Waals surface area contributed by atoms with Crippen molar-refractivity contribution in [1.82, 2.24) is 9.80 Å². The van der Waals surface area contributed by atoms with Crippen LogP contribution < -0.4 is 0 Å². The van der Waals surface area contributed by atoms with Crippen LogP contribution in [-0.4, -0.2) is 64.7 Å². The maximum absolute atomic E-state index is 13.8. The van der Waals surface area contributed by atoms with E-state index in [0.29, 0.717) is 12.0 Å². The molecule has 2 rings (SSSR count). The lowest BCUT2D eigenvalue weighted by atomic mass is 9.95. The second-order valence-corrected chi connectivity index (χ2v) is 5.87. The van der Waals surface area contributed by atoms with E-state index in [1.165, 1.54) is 15.9 Å². The van der Waals surface area contributed by atoms with Gasteiger partial charge >= 0.3 is 0 Å². The molecule has 0 bridgehead atoms. The molecule has 0 spiro atoms. The van der Waals surface area contributed by atoms with E-state index in [-0.39, 0.29) is 63.4 Å². The van der Waals surface area contributed by atoms with E-state index in [1.807, 2.05) is 0 Å². The lowest BCUT2D eigenvalue weighted by molar-refractivity contribution is -0.144. The molecule has 0 unspecified atom stereocenters. The molecule has 6 nitrogen and oxygen atoms in total. The fourth-order valence-electron chi connectivity index (χ4n) is 2.93. The van der Waals surface area contributed by atoms with Crippen LogP contribution in [0.4, 0.5) is 4.39 Å². The van der Waals surface area contributed by atoms with Crippen LogP contribution in [-0.2, 0) is 16.1 Å². The van der Waals surface area contributed by atoms with Crippen LogP contribution in [0.5, 0.6) is 0 Å². The molecule has 1 atom stereocenters. The van der Waals surface area contributed by atoms with Gasteiger partial charge in [-0.2, -0.15) is 0 Å². The summed E-state index contributed by atoms with van der Waals surface area (Å²) in [5.74, 6) is -1.06. The Morgan fingerprint density at radius 3 is 2.54 bits per heavy atom. The van der Waals surface area contributed by atoms with Gasteiger partial charge in [0.15, 0.2) is 0 Å². The van der Waals surface area contributed by atoms with Crippen molar-refractivity contribution in [3.63, 3.8) is 0 Å². The van der Waals surface area contributed by atoms with Gasteiger partial charge in [0.05, 0.1) is 19.1 Å². The number of hydrogen-bond acceptors (Lipinski definition) is 4. The zero-order valence-corrected chi connectivity index (χ0v) is 13.5. The van der Waals surface area contributed by atoms with Gasteiger partial charge in [-0.05, 0) is 12.5 Å². The van der Waals surface area contributed by atoms with Crippen LogP contribution in [0, 0.1) is 11.7 Å². The zero-order chi connectivity index (χ0) is 17.5. The molecule has 132 valence electrons. The summed E-state index contributed by atoms with van der Waals surface area (Å²) in [6, 6.07) is 6.26. The number of carbonyl (C=O) groups is 2. The third-order valence-corrected chi connectivity index (χ3v) is 4.22. The van der Waals surface area contributed by atoms with Crippen molar-refractivity contribution in [2.45, 2.75) is 19.4 Å². The summed E-state index contributed by atoms with van der Waals surface area (Å²) in [5, 5.41) is 18.1. The average Bonchev–Trinajstić information content (AvgIpc) is 2.58. The fourth-order valence-corrected chi connectivity index (χ4v) is 2.93. The minimum absolute atomic E-state index is 0.0989. The molecule has 1 aliphatic heterocycles. The molecule has 0 saturated carbocycles. The van der Waals surface area contributed by atoms with Crippen molar-refractivity contribution < 1.29 is 24.2 Å². The Morgan fingerprint density at radius 2 is 1.92 bits per heavy atom. The van der Waals surface area contributed by atoms with Crippen molar-refractivity contribution in [2.75, 3.05) is 32.8 Å². The first-order chi connectivity index (χ1) is 11.6. The predicted molar refractivity (Wildman–Crippen MR) is 85.3 cm³/mol. The number of carbonyl (C=O) groups excluding carboxylic acids is 2. The topological polar surface area (TPSA) is 81.1 Å². The van der Waals surface area contributed by atoms with Crippen molar-refractivity contribution in [3.05, 3.63) is 35.6 Å². The highest BCUT2D eigenvalue weighted by molar-refractivity contribution is 5.84. The standard InChI is InChI=1S/C17H23FN2O4/c18-15-4-2-1-3-13(15)11-20-12-14(5-6-16(20)23)17(24)19(7-9-21)8-10-22/h1-4,14,21-22H,5-12H2/t14-/m0/s1. The third-order valence-electron chi connectivity index (χ3n) is 4.22. The second-order valence-electron chi connectivity index (χ2n) is 5.87. The minimum Gasteiger partial charge on any atom is -0.395 e. The van der Waals surface area contributed by atoms with Crippen molar-refractivity contribution in [2.24, 2.45) is 5.92 Å². The number of hydrogen-bond donors (Lipinski definition) is 2. The number of aliphatic hydroxyl groups excluding tert-OH is 2. The molecule has 7 heteroatoms. The largest absolute Gasteiger partial charge is 0.395 e. The lowest BCUT2D eigenvalue weighted by Gasteiger charge is -2.34. The highest BCUT2D eigenvalue weighted by Crippen LogP contribution is 2.22. The molecule has 24 heavy (non-hydrogen) atoms. The summed E-state index contributed by atoms with van der Waals surface area (Å²) in [4.78, 5) is 27.5. The zero-order valence-electron chi connectivity index (χ0n) is 13.5. The number of piperidine rings is 1. The number of halogens is 1. The molecule has 2 N–H and O–H groups in total. The first-order valence-corrected chi connectivity index (χ1v) is 8.08. The summed E-state index contributed by atoms with van der Waals surface area (Å²) in [6.45, 7) is 0.287. The van der Waals surface area contributed by atoms with Crippen LogP contribution in [0.3, 0.4) is 0 Å². The van der Waals surface area contributed by atoms with E-state index in [9.17, 15) is 14.0 Å². The predicted octanol–water partition coefficient (Wildman–Crippen LogP) is 0.378. The SMILES string of the molecule is O=C1CC[C@H](C(=O)N(CCO)CCO)CN1Cc1ccccc1F. The number of amides is 2. The van der Waals surface area contributed by atoms with Crippen molar-refractivity contribution >= 4 is 11.8 Å². The highest BCUT2D eigenvalue weighted by Gasteiger charge is 2.32. The number of nitrogens with zero attached hydrogens (tertiary/aromatic N) is 2. The molecule has 1 aliphatic rings. The van der Waals surface area contributed by atoms with Crippen LogP contribution in [0.2, 0.25) is 0 Å². The molecule has 1 fully saturated rings. The van der Waals surface area contributed by atoms with Gasteiger partial charge in [0.1, 0.15) is 5.82 Å². The second kappa shape index (κ2) is 8.75. The molecule has 1 aromatic carbocycles. The van der Waals surface area contributed by atoms with Gasteiger partial charge in [0, 0.05) is 38.2 Å². The third kappa shape index (κ3) is 4.52. The molecular formula is C17H23FN2O4. The molecule has 1 aromatic rings. The minimum atomic E-state index is -0.396. The molecule has 2 amide bonds. The van der Waals surface area contributed by atoms with Crippen molar-refractivity contribution in [3.8, 4) is 0 Å². The molecule has 0 aromatic heterocycles. The van der Waals surface area contributed by atoms with Crippen LogP contribution in [0.1, 0.15) is 18.4 Å². The summed E-state index contributed by atoms with van der Waals surface area (Å²) >= 11 is 0. The van der Waals surface area contributed by atoms with Crippen LogP contribution >= 0.6 is 0 Å². The molecule has 1 heterocycles. The van der Waals surface area contributed by atoms with E-state index in [1.54, 1.807) is 18.2 Å². The summed E-state index contributed by atoms with van der Waals surface area (Å²) < 4.78 is 13.8. The van der Waals surface area contributed by atoms with E-state index in [4.69, 9.17) is 10.2 Å². The smallest absolute Gasteiger partial charge is 0.227 e. The number of rotatable bonds is 7. The Kier molecular flexibility index (Phi) is 6.69. The summed E-state index contributed by atoms with van der Waals surface area (Å²) in [7, 11) is 0. The van der Waals surface area contributed by atoms with Crippen molar-refractivity contribution in [1.29, 1.82) is 0 Å². The Labute approximate surface area is 140 Å². The molecule has 1 saturated heterocycles. The van der Waals surface area contributed by atoms with Gasteiger partial charge in [0.2, 0.25) is 11.8 Å². The Bertz CT molecular complexity index is 575. The van der Waals surface area contributed by atoms with Gasteiger partial charge < -0.3 is 20.0 Å². The van der Waals surface area contributed by atoms with E-state index in [2.05, 4.69) is 0 Å². The maximum Gasteiger partial charge on any atom is 0.227 e. The molecule has 0 aliphatic carbocycles. The summed E-state index contributed by atoms with van der Waals surface area (Å²) in [5.41, 5.74) is 0.418. The Morgan fingerprint density at radius 1 is 1.25 bits per heavy atom. The Hall–Kier alpha value is -1.99. The molecule has 0 radical (unpaired) electrons. The number of benzene rings is 1. The lowest BCUT2D eigenvalue weighted by Crippen LogP contribution is -2.48. The van der Waals surface area contributed by atoms with Crippen LogP contribution in [0.25, 0.3) is 0 Å². The maximum atomic E-state index is 13.8. The number of likely N-dealkylation sites (tertiary alicyclic amines) is 1. The van der Waals surface area contributed by atoms with E-state index in [0.717, 1.165) is 0 Å². The summed E-state index contributed by atoms with van der Waals surface area (Å²) in [6.07, 6.45) is 0.662. The van der Waals surface area contributed by atoms with E-state index >= 15 is 0 Å². The first kappa shape index (κ1) is 18.4. The molecular weight excluding hydrogens is 315 g/mol. The number of aliphatic hydroxyl groups is 2. The average molecular weight is 338 g/mol. The fraction of sp³-hybridized carbons (Fsp3) is 0.529. The monoisotopic (exact) mass is 338 g/mol. The van der Waals surface area contributed by atoms with Gasteiger partial charge in [-0.1, -0.05) is 18.2 Å². The Balaban J connectivity index is 2.05. The van der Waals surface area contributed by atoms with Gasteiger partial charge in [-0.3, -0.25) is 9.59 Å². The van der Waals surface area contributed by atoms with Crippen LogP contribution in [0.15, 0.2) is 24.3 Å². The normalized spacial score (nSPS) is 17.9. The quantitative estimate of drug-likeness (QED) is 0.753.